The van der Waals surface area contributed by atoms with Gasteiger partial charge in [0.25, 0.3) is 0 Å². The van der Waals surface area contributed by atoms with Crippen molar-refractivity contribution in [3.05, 3.63) is 59.7 Å². The predicted molar refractivity (Wildman–Crippen MR) is 101 cm³/mol. The van der Waals surface area contributed by atoms with Gasteiger partial charge in [-0.2, -0.15) is 0 Å². The Morgan fingerprint density at radius 1 is 1.20 bits per heavy atom. The Balaban J connectivity index is 1.69. The highest BCUT2D eigenvalue weighted by molar-refractivity contribution is 5.90. The van der Waals surface area contributed by atoms with E-state index in [0.717, 1.165) is 29.8 Å². The Bertz CT molecular complexity index is 721. The van der Waals surface area contributed by atoms with Gasteiger partial charge in [-0.1, -0.05) is 44.2 Å². The van der Waals surface area contributed by atoms with E-state index in [4.69, 9.17) is 4.74 Å². The van der Waals surface area contributed by atoms with Crippen molar-refractivity contribution in [3.8, 4) is 5.75 Å². The van der Waals surface area contributed by atoms with Crippen LogP contribution >= 0.6 is 0 Å². The van der Waals surface area contributed by atoms with Crippen molar-refractivity contribution in [1.29, 1.82) is 0 Å². The molecule has 1 fully saturated rings. The number of amides is 2. The third kappa shape index (κ3) is 4.53. The molecule has 2 aromatic carbocycles. The number of carbonyl (C=O) groups is 1. The molecule has 0 bridgehead atoms. The summed E-state index contributed by atoms with van der Waals surface area (Å²) in [4.78, 5) is 14.7. The number of carbonyl (C=O) groups excluding carboxylic acids is 1. The second-order valence-electron chi connectivity index (χ2n) is 6.92. The molecular weight excluding hydrogens is 312 g/mol. The van der Waals surface area contributed by atoms with Crippen molar-refractivity contribution < 1.29 is 9.53 Å². The highest BCUT2D eigenvalue weighted by Gasteiger charge is 2.32. The molecule has 0 atom stereocenters. The second-order valence-corrected chi connectivity index (χ2v) is 6.92. The van der Waals surface area contributed by atoms with Crippen molar-refractivity contribution >= 4 is 11.7 Å². The lowest BCUT2D eigenvalue weighted by molar-refractivity contribution is 0.206. The molecule has 2 aromatic rings. The maximum absolute atomic E-state index is 12.7. The van der Waals surface area contributed by atoms with Gasteiger partial charge in [0, 0.05) is 24.3 Å². The first kappa shape index (κ1) is 17.3. The van der Waals surface area contributed by atoms with Crippen LogP contribution in [0.2, 0.25) is 0 Å². The molecule has 0 saturated heterocycles. The number of nitrogens with zero attached hydrogens (tertiary/aromatic N) is 1. The Labute approximate surface area is 149 Å². The standard InChI is InChI=1S/C21H26N2O2/c1-15(2)17-9-7-16(8-10-17)14-23(19-11-12-19)21(24)22-18-5-4-6-20(13-18)25-3/h4-10,13,15,19H,11-12,14H2,1-3H3,(H,22,24). The molecule has 25 heavy (non-hydrogen) atoms. The SMILES string of the molecule is COc1cccc(NC(=O)N(Cc2ccc(C(C)C)cc2)C2CC2)c1. The molecular formula is C21H26N2O2. The van der Waals surface area contributed by atoms with Gasteiger partial charge in [0.15, 0.2) is 0 Å². The average molecular weight is 338 g/mol. The topological polar surface area (TPSA) is 41.6 Å². The van der Waals surface area contributed by atoms with E-state index in [1.54, 1.807) is 7.11 Å². The molecule has 2 amide bonds. The molecule has 132 valence electrons. The van der Waals surface area contributed by atoms with E-state index >= 15 is 0 Å². The van der Waals surface area contributed by atoms with E-state index < -0.39 is 0 Å². The minimum Gasteiger partial charge on any atom is -0.497 e. The van der Waals surface area contributed by atoms with Crippen LogP contribution in [0.15, 0.2) is 48.5 Å². The maximum atomic E-state index is 12.7. The summed E-state index contributed by atoms with van der Waals surface area (Å²) >= 11 is 0. The number of ether oxygens (including phenoxy) is 1. The number of urea groups is 1. The summed E-state index contributed by atoms with van der Waals surface area (Å²) in [5.41, 5.74) is 3.24. The number of methoxy groups -OCH3 is 1. The summed E-state index contributed by atoms with van der Waals surface area (Å²) in [6.07, 6.45) is 2.16. The van der Waals surface area contributed by atoms with Gasteiger partial charge in [-0.15, -0.1) is 0 Å². The molecule has 1 saturated carbocycles. The van der Waals surface area contributed by atoms with Crippen LogP contribution in [-0.4, -0.2) is 24.1 Å². The zero-order valence-corrected chi connectivity index (χ0v) is 15.2. The number of rotatable bonds is 6. The summed E-state index contributed by atoms with van der Waals surface area (Å²) in [7, 11) is 1.62. The Morgan fingerprint density at radius 2 is 1.92 bits per heavy atom. The van der Waals surface area contributed by atoms with E-state index in [2.05, 4.69) is 43.4 Å². The minimum absolute atomic E-state index is 0.0521. The first-order valence-corrected chi connectivity index (χ1v) is 8.87. The first-order chi connectivity index (χ1) is 12.1. The van der Waals surface area contributed by atoms with Crippen molar-refractivity contribution in [2.24, 2.45) is 0 Å². The van der Waals surface area contributed by atoms with Crippen LogP contribution in [0.5, 0.6) is 5.75 Å². The fraction of sp³-hybridized carbons (Fsp3) is 0.381. The van der Waals surface area contributed by atoms with Crippen LogP contribution < -0.4 is 10.1 Å². The zero-order valence-electron chi connectivity index (χ0n) is 15.2. The molecule has 4 nitrogen and oxygen atoms in total. The Hall–Kier alpha value is -2.49. The fourth-order valence-electron chi connectivity index (χ4n) is 2.85. The van der Waals surface area contributed by atoms with Gasteiger partial charge in [-0.25, -0.2) is 4.79 Å². The van der Waals surface area contributed by atoms with Crippen molar-refractivity contribution in [3.63, 3.8) is 0 Å². The average Bonchev–Trinajstić information content (AvgIpc) is 3.45. The summed E-state index contributed by atoms with van der Waals surface area (Å²) in [5.74, 6) is 1.25. The summed E-state index contributed by atoms with van der Waals surface area (Å²) in [5, 5.41) is 2.99. The highest BCUT2D eigenvalue weighted by Crippen LogP contribution is 2.29. The van der Waals surface area contributed by atoms with Gasteiger partial charge in [0.05, 0.1) is 7.11 Å². The minimum atomic E-state index is -0.0521. The Morgan fingerprint density at radius 3 is 2.52 bits per heavy atom. The Kier molecular flexibility index (Phi) is 5.27. The largest absolute Gasteiger partial charge is 0.497 e. The predicted octanol–water partition coefficient (Wildman–Crippen LogP) is 5.02. The molecule has 0 radical (unpaired) electrons. The quantitative estimate of drug-likeness (QED) is 0.804. The van der Waals surface area contributed by atoms with Crippen LogP contribution in [0.3, 0.4) is 0 Å². The molecule has 0 aliphatic heterocycles. The van der Waals surface area contributed by atoms with Gasteiger partial charge in [-0.3, -0.25) is 0 Å². The monoisotopic (exact) mass is 338 g/mol. The van der Waals surface area contributed by atoms with Crippen molar-refractivity contribution in [1.82, 2.24) is 4.90 Å². The van der Waals surface area contributed by atoms with E-state index in [0.29, 0.717) is 18.5 Å². The number of benzene rings is 2. The van der Waals surface area contributed by atoms with Gasteiger partial charge in [0.2, 0.25) is 0 Å². The summed E-state index contributed by atoms with van der Waals surface area (Å²) in [6, 6.07) is 16.3. The molecule has 0 aromatic heterocycles. The second kappa shape index (κ2) is 7.60. The lowest BCUT2D eigenvalue weighted by Gasteiger charge is -2.23. The molecule has 1 aliphatic carbocycles. The lowest BCUT2D eigenvalue weighted by atomic mass is 10.0. The van der Waals surface area contributed by atoms with Crippen LogP contribution in [0.4, 0.5) is 10.5 Å². The third-order valence-corrected chi connectivity index (χ3v) is 4.57. The maximum Gasteiger partial charge on any atom is 0.322 e. The van der Waals surface area contributed by atoms with Crippen LogP contribution in [-0.2, 0) is 6.54 Å². The van der Waals surface area contributed by atoms with Gasteiger partial charge in [0.1, 0.15) is 5.75 Å². The summed E-state index contributed by atoms with van der Waals surface area (Å²) < 4.78 is 5.22. The van der Waals surface area contributed by atoms with Crippen LogP contribution in [0.25, 0.3) is 0 Å². The zero-order chi connectivity index (χ0) is 17.8. The summed E-state index contributed by atoms with van der Waals surface area (Å²) in [6.45, 7) is 5.01. The van der Waals surface area contributed by atoms with Crippen molar-refractivity contribution in [2.75, 3.05) is 12.4 Å². The highest BCUT2D eigenvalue weighted by atomic mass is 16.5. The van der Waals surface area contributed by atoms with E-state index in [1.807, 2.05) is 29.2 Å². The number of nitrogens with one attached hydrogen (secondary N) is 1. The third-order valence-electron chi connectivity index (χ3n) is 4.57. The van der Waals surface area contributed by atoms with Gasteiger partial charge in [-0.05, 0) is 42.0 Å². The fourth-order valence-corrected chi connectivity index (χ4v) is 2.85. The van der Waals surface area contributed by atoms with E-state index in [-0.39, 0.29) is 6.03 Å². The van der Waals surface area contributed by atoms with Gasteiger partial charge < -0.3 is 15.0 Å². The molecule has 1 aliphatic rings. The molecule has 0 spiro atoms. The van der Waals surface area contributed by atoms with Gasteiger partial charge >= 0.3 is 6.03 Å². The molecule has 0 unspecified atom stereocenters. The molecule has 3 rings (SSSR count). The van der Waals surface area contributed by atoms with E-state index in [1.165, 1.54) is 5.56 Å². The number of hydrogen-bond acceptors (Lipinski definition) is 2. The van der Waals surface area contributed by atoms with Crippen molar-refractivity contribution in [2.45, 2.75) is 45.2 Å². The van der Waals surface area contributed by atoms with Crippen LogP contribution in [0, 0.1) is 0 Å². The first-order valence-electron chi connectivity index (χ1n) is 8.87. The van der Waals surface area contributed by atoms with E-state index in [9.17, 15) is 4.79 Å². The molecule has 0 heterocycles. The smallest absolute Gasteiger partial charge is 0.322 e. The number of anilines is 1. The normalized spacial score (nSPS) is 13.6. The number of hydrogen-bond donors (Lipinski definition) is 1. The van der Waals surface area contributed by atoms with Crippen LogP contribution in [0.1, 0.15) is 43.7 Å². The molecule has 4 heteroatoms. The lowest BCUT2D eigenvalue weighted by Crippen LogP contribution is -2.36. The molecule has 1 N–H and O–H groups in total.